The molecule has 0 radical (unpaired) electrons. The highest BCUT2D eigenvalue weighted by molar-refractivity contribution is 5.94. The second-order valence-corrected chi connectivity index (χ2v) is 10.4. The predicted octanol–water partition coefficient (Wildman–Crippen LogP) is 5.68. The Kier molecular flexibility index (Phi) is 8.54. The monoisotopic (exact) mass is 556 g/mol. The second-order valence-electron chi connectivity index (χ2n) is 10.4. The maximum Gasteiger partial charge on any atom is 0.416 e. The average molecular weight is 557 g/mol. The van der Waals surface area contributed by atoms with E-state index < -0.39 is 11.7 Å². The van der Waals surface area contributed by atoms with Crippen LogP contribution in [0.1, 0.15) is 47.2 Å². The van der Waals surface area contributed by atoms with E-state index in [1.165, 1.54) is 24.3 Å². The van der Waals surface area contributed by atoms with Gasteiger partial charge in [0.15, 0.2) is 0 Å². The van der Waals surface area contributed by atoms with Crippen LogP contribution >= 0.6 is 0 Å². The molecule has 2 aliphatic heterocycles. The highest BCUT2D eigenvalue weighted by Gasteiger charge is 2.30. The molecule has 40 heavy (non-hydrogen) atoms. The Morgan fingerprint density at radius 2 is 1.60 bits per heavy atom. The van der Waals surface area contributed by atoms with Crippen LogP contribution < -0.4 is 15.0 Å². The minimum Gasteiger partial charge on any atom is -0.474 e. The molecule has 0 saturated carbocycles. The van der Waals surface area contributed by atoms with Crippen molar-refractivity contribution >= 4 is 11.6 Å². The second kappa shape index (κ2) is 12.2. The number of carbonyl (C=O) groups is 1. The molecule has 0 atom stereocenters. The summed E-state index contributed by atoms with van der Waals surface area (Å²) in [5.74, 6) is -0.0204. The molecule has 0 unspecified atom stereocenters. The minimum atomic E-state index is -4.35. The average Bonchev–Trinajstić information content (AvgIpc) is 2.95. The van der Waals surface area contributed by atoms with Crippen LogP contribution in [0.5, 0.6) is 5.88 Å². The van der Waals surface area contributed by atoms with Gasteiger partial charge in [-0.05, 0) is 60.9 Å². The zero-order chi connectivity index (χ0) is 28.1. The maximum atomic E-state index is 13.1. The van der Waals surface area contributed by atoms with E-state index in [2.05, 4.69) is 15.2 Å². The molecule has 1 N–H and O–H groups in total. The number of nitrogens with zero attached hydrogens (tertiary/aromatic N) is 3. The minimum absolute atomic E-state index is 0.0732. The fraction of sp³-hybridized carbons (Fsp3) is 0.400. The Hall–Kier alpha value is -3.66. The lowest BCUT2D eigenvalue weighted by atomic mass is 10.0. The predicted molar refractivity (Wildman–Crippen MR) is 144 cm³/mol. The molecule has 0 spiro atoms. The fourth-order valence-electron chi connectivity index (χ4n) is 5.23. The van der Waals surface area contributed by atoms with Crippen LogP contribution in [0.2, 0.25) is 0 Å². The molecule has 6 nitrogen and oxygen atoms in total. The Balaban J connectivity index is 1.07. The summed E-state index contributed by atoms with van der Waals surface area (Å²) in [6.45, 7) is 3.75. The Labute approximate surface area is 231 Å². The largest absolute Gasteiger partial charge is 0.474 e. The molecule has 2 fully saturated rings. The molecule has 2 saturated heterocycles. The van der Waals surface area contributed by atoms with Gasteiger partial charge in [-0.25, -0.2) is 9.37 Å². The van der Waals surface area contributed by atoms with E-state index in [-0.39, 0.29) is 23.9 Å². The van der Waals surface area contributed by atoms with Gasteiger partial charge in [0, 0.05) is 75.1 Å². The summed E-state index contributed by atoms with van der Waals surface area (Å²) in [4.78, 5) is 21.5. The number of alkyl halides is 3. The lowest BCUT2D eigenvalue weighted by Gasteiger charge is -2.33. The van der Waals surface area contributed by atoms with Crippen molar-refractivity contribution in [3.8, 4) is 5.88 Å². The van der Waals surface area contributed by atoms with E-state index in [9.17, 15) is 22.4 Å². The number of pyridine rings is 1. The number of carbonyl (C=O) groups excluding carboxylic acids is 1. The maximum absolute atomic E-state index is 13.1. The van der Waals surface area contributed by atoms with E-state index in [4.69, 9.17) is 4.74 Å². The number of ether oxygens (including phenoxy) is 1. The number of benzene rings is 2. The zero-order valence-corrected chi connectivity index (χ0v) is 22.0. The van der Waals surface area contributed by atoms with Crippen molar-refractivity contribution in [2.45, 2.75) is 50.6 Å². The van der Waals surface area contributed by atoms with Gasteiger partial charge in [0.1, 0.15) is 11.9 Å². The van der Waals surface area contributed by atoms with Gasteiger partial charge >= 0.3 is 6.18 Å². The first-order valence-electron chi connectivity index (χ1n) is 13.6. The number of halogens is 4. The summed E-state index contributed by atoms with van der Waals surface area (Å²) >= 11 is 0. The third-order valence-corrected chi connectivity index (χ3v) is 7.53. The lowest BCUT2D eigenvalue weighted by molar-refractivity contribution is -0.137. The standard InChI is InChI=1S/C30H32F4N4O2/c31-24-5-1-21(2-6-24)20-37-15-10-25(11-16-37)36-29(39)22-9-14-35-28(19-22)40-27-12-17-38(18-13-27)26-7-3-23(4-8-26)30(32,33)34/h1-9,14,19,25,27H,10-13,15-18,20H2,(H,36,39). The molecule has 3 heterocycles. The Bertz CT molecular complexity index is 1270. The normalized spacial score (nSPS) is 17.6. The van der Waals surface area contributed by atoms with E-state index in [0.29, 0.717) is 37.4 Å². The number of hydrogen-bond acceptors (Lipinski definition) is 5. The fourth-order valence-corrected chi connectivity index (χ4v) is 5.23. The number of amides is 1. The molecule has 3 aromatic rings. The van der Waals surface area contributed by atoms with Crippen LogP contribution in [0.4, 0.5) is 23.2 Å². The van der Waals surface area contributed by atoms with Gasteiger partial charge < -0.3 is 15.0 Å². The smallest absolute Gasteiger partial charge is 0.416 e. The van der Waals surface area contributed by atoms with Gasteiger partial charge in [0.05, 0.1) is 5.56 Å². The summed E-state index contributed by atoms with van der Waals surface area (Å²) in [5, 5.41) is 3.12. The molecule has 5 rings (SSSR count). The third-order valence-electron chi connectivity index (χ3n) is 7.53. The van der Waals surface area contributed by atoms with Gasteiger partial charge in [-0.2, -0.15) is 13.2 Å². The van der Waals surface area contributed by atoms with Crippen LogP contribution in [0, 0.1) is 5.82 Å². The van der Waals surface area contributed by atoms with Crippen LogP contribution in [0.25, 0.3) is 0 Å². The summed E-state index contributed by atoms with van der Waals surface area (Å²) < 4.78 is 57.7. The number of nitrogens with one attached hydrogen (secondary N) is 1. The number of piperidine rings is 2. The highest BCUT2D eigenvalue weighted by atomic mass is 19.4. The van der Waals surface area contributed by atoms with E-state index in [1.807, 2.05) is 4.90 Å². The summed E-state index contributed by atoms with van der Waals surface area (Å²) in [7, 11) is 0. The van der Waals surface area contributed by atoms with Crippen molar-refractivity contribution in [1.82, 2.24) is 15.2 Å². The highest BCUT2D eigenvalue weighted by Crippen LogP contribution is 2.31. The SMILES string of the molecule is O=C(NC1CCN(Cc2ccc(F)cc2)CC1)c1ccnc(OC2CCN(c3ccc(C(F)(F)F)cc3)CC2)c1. The van der Waals surface area contributed by atoms with E-state index in [0.717, 1.165) is 55.9 Å². The summed E-state index contributed by atoms with van der Waals surface area (Å²) in [6, 6.07) is 15.2. The quantitative estimate of drug-likeness (QED) is 0.380. The molecule has 2 aromatic carbocycles. The molecule has 1 amide bonds. The number of aromatic nitrogens is 1. The number of likely N-dealkylation sites (tertiary alicyclic amines) is 1. The summed E-state index contributed by atoms with van der Waals surface area (Å²) in [6.07, 6.45) is 0.166. The lowest BCUT2D eigenvalue weighted by Crippen LogP contribution is -2.44. The van der Waals surface area contributed by atoms with E-state index in [1.54, 1.807) is 30.5 Å². The molecule has 212 valence electrons. The topological polar surface area (TPSA) is 57.7 Å². The molecule has 2 aliphatic rings. The van der Waals surface area contributed by atoms with Gasteiger partial charge in [0.2, 0.25) is 5.88 Å². The Morgan fingerprint density at radius 1 is 0.925 bits per heavy atom. The van der Waals surface area contributed by atoms with Crippen LogP contribution in [-0.4, -0.2) is 54.1 Å². The molecule has 10 heteroatoms. The van der Waals surface area contributed by atoms with Crippen LogP contribution in [-0.2, 0) is 12.7 Å². The van der Waals surface area contributed by atoms with E-state index >= 15 is 0 Å². The molecular weight excluding hydrogens is 524 g/mol. The first-order chi connectivity index (χ1) is 19.2. The number of hydrogen-bond donors (Lipinski definition) is 1. The Morgan fingerprint density at radius 3 is 2.25 bits per heavy atom. The third kappa shape index (κ3) is 7.29. The van der Waals surface area contributed by atoms with Crippen molar-refractivity contribution < 1.29 is 27.1 Å². The number of anilines is 1. The summed E-state index contributed by atoms with van der Waals surface area (Å²) in [5.41, 5.74) is 1.65. The van der Waals surface area contributed by atoms with Gasteiger partial charge in [0.25, 0.3) is 5.91 Å². The van der Waals surface area contributed by atoms with Crippen LogP contribution in [0.15, 0.2) is 66.9 Å². The van der Waals surface area contributed by atoms with Gasteiger partial charge in [-0.1, -0.05) is 12.1 Å². The van der Waals surface area contributed by atoms with Gasteiger partial charge in [-0.15, -0.1) is 0 Å². The molecule has 0 bridgehead atoms. The molecule has 1 aromatic heterocycles. The van der Waals surface area contributed by atoms with Crippen molar-refractivity contribution in [3.05, 3.63) is 89.4 Å². The van der Waals surface area contributed by atoms with Gasteiger partial charge in [-0.3, -0.25) is 9.69 Å². The van der Waals surface area contributed by atoms with Crippen LogP contribution in [0.3, 0.4) is 0 Å². The zero-order valence-electron chi connectivity index (χ0n) is 22.0. The van der Waals surface area contributed by atoms with Crippen molar-refractivity contribution in [2.75, 3.05) is 31.1 Å². The first-order valence-corrected chi connectivity index (χ1v) is 13.6. The van der Waals surface area contributed by atoms with Crippen molar-refractivity contribution in [1.29, 1.82) is 0 Å². The molecule has 0 aliphatic carbocycles. The van der Waals surface area contributed by atoms with Crippen molar-refractivity contribution in [3.63, 3.8) is 0 Å². The number of rotatable bonds is 7. The molecular formula is C30H32F4N4O2. The first kappa shape index (κ1) is 27.9. The van der Waals surface area contributed by atoms with Crippen molar-refractivity contribution in [2.24, 2.45) is 0 Å².